The molecule has 2 saturated heterocycles. The van der Waals surface area contributed by atoms with Crippen LogP contribution in [0.15, 0.2) is 12.3 Å². The minimum atomic E-state index is 0.478. The molecule has 3 rings (SSSR count). The Bertz CT molecular complexity index is 217. The molecule has 0 saturated carbocycles. The van der Waals surface area contributed by atoms with Gasteiger partial charge in [0.05, 0.1) is 6.26 Å². The van der Waals surface area contributed by atoms with Crippen LogP contribution in [0.3, 0.4) is 0 Å². The van der Waals surface area contributed by atoms with Gasteiger partial charge < -0.3 is 4.74 Å². The lowest BCUT2D eigenvalue weighted by Crippen LogP contribution is -2.49. The molecule has 3 unspecified atom stereocenters. The van der Waals surface area contributed by atoms with Crippen molar-refractivity contribution in [2.45, 2.75) is 25.0 Å². The van der Waals surface area contributed by atoms with Crippen molar-refractivity contribution in [1.29, 1.82) is 0 Å². The summed E-state index contributed by atoms with van der Waals surface area (Å²) < 4.78 is 5.53. The van der Waals surface area contributed by atoms with Gasteiger partial charge in [-0.1, -0.05) is 0 Å². The van der Waals surface area contributed by atoms with E-state index in [-0.39, 0.29) is 0 Å². The van der Waals surface area contributed by atoms with Crippen molar-refractivity contribution in [1.82, 2.24) is 10.4 Å². The highest BCUT2D eigenvalue weighted by Crippen LogP contribution is 2.33. The number of hydrazine groups is 1. The minimum Gasteiger partial charge on any atom is -0.498 e. The highest BCUT2D eigenvalue weighted by molar-refractivity contribution is 5.05. The molecule has 1 N–H and O–H groups in total. The van der Waals surface area contributed by atoms with E-state index in [0.717, 1.165) is 13.1 Å². The predicted octanol–water partition coefficient (Wildman–Crippen LogP) is 0.498. The second-order valence-corrected chi connectivity index (χ2v) is 3.83. The summed E-state index contributed by atoms with van der Waals surface area (Å²) in [5, 5.41) is 2.39. The number of rotatable bonds is 0. The first-order valence-electron chi connectivity index (χ1n) is 4.77. The smallest absolute Gasteiger partial charge is 0.107 e. The van der Waals surface area contributed by atoms with Gasteiger partial charge in [-0.05, 0) is 18.9 Å². The van der Waals surface area contributed by atoms with E-state index in [0.29, 0.717) is 18.1 Å². The van der Waals surface area contributed by atoms with Gasteiger partial charge in [-0.3, -0.25) is 5.43 Å². The maximum atomic E-state index is 5.53. The van der Waals surface area contributed by atoms with Gasteiger partial charge >= 0.3 is 0 Å². The lowest BCUT2D eigenvalue weighted by molar-refractivity contribution is 0.0161. The Morgan fingerprint density at radius 2 is 2.42 bits per heavy atom. The van der Waals surface area contributed by atoms with Gasteiger partial charge in [-0.25, -0.2) is 5.01 Å². The van der Waals surface area contributed by atoms with E-state index < -0.39 is 0 Å². The van der Waals surface area contributed by atoms with Crippen LogP contribution in [0.2, 0.25) is 0 Å². The third-order valence-corrected chi connectivity index (χ3v) is 3.24. The quantitative estimate of drug-likeness (QED) is 0.567. The van der Waals surface area contributed by atoms with Gasteiger partial charge in [0.1, 0.15) is 6.10 Å². The fourth-order valence-electron chi connectivity index (χ4n) is 2.63. The van der Waals surface area contributed by atoms with Crippen LogP contribution in [0.1, 0.15) is 12.8 Å². The van der Waals surface area contributed by atoms with E-state index in [1.54, 1.807) is 0 Å². The highest BCUT2D eigenvalue weighted by atomic mass is 16.5. The zero-order chi connectivity index (χ0) is 7.97. The zero-order valence-corrected chi connectivity index (χ0v) is 7.07. The molecule has 0 radical (unpaired) electrons. The summed E-state index contributed by atoms with van der Waals surface area (Å²) in [6.45, 7) is 2.29. The van der Waals surface area contributed by atoms with Crippen molar-refractivity contribution >= 4 is 0 Å². The third-order valence-electron chi connectivity index (χ3n) is 3.24. The van der Waals surface area contributed by atoms with Gasteiger partial charge in [0, 0.05) is 25.0 Å². The van der Waals surface area contributed by atoms with Gasteiger partial charge in [0.25, 0.3) is 0 Å². The molecular weight excluding hydrogens is 152 g/mol. The first-order valence-corrected chi connectivity index (χ1v) is 4.77. The molecule has 3 aliphatic heterocycles. The highest BCUT2D eigenvalue weighted by Gasteiger charge is 2.41. The van der Waals surface area contributed by atoms with Crippen LogP contribution in [-0.4, -0.2) is 30.2 Å². The molecular formula is C9H14N2O. The number of ether oxygens (including phenoxy) is 1. The maximum absolute atomic E-state index is 5.53. The molecule has 12 heavy (non-hydrogen) atoms. The van der Waals surface area contributed by atoms with Gasteiger partial charge in [-0.15, -0.1) is 0 Å². The normalized spacial score (nSPS) is 45.5. The maximum Gasteiger partial charge on any atom is 0.107 e. The number of fused-ring (bicyclic) bond motifs is 3. The van der Waals surface area contributed by atoms with E-state index in [1.807, 2.05) is 6.26 Å². The van der Waals surface area contributed by atoms with E-state index >= 15 is 0 Å². The van der Waals surface area contributed by atoms with Crippen LogP contribution in [0.4, 0.5) is 0 Å². The van der Waals surface area contributed by atoms with Gasteiger partial charge in [-0.2, -0.15) is 0 Å². The minimum absolute atomic E-state index is 0.478. The lowest BCUT2D eigenvalue weighted by atomic mass is 9.88. The SMILES string of the molecule is C1=CC2C(CCN3NCCC23)O1. The average Bonchev–Trinajstić information content (AvgIpc) is 2.71. The Hall–Kier alpha value is -0.540. The van der Waals surface area contributed by atoms with E-state index in [4.69, 9.17) is 4.74 Å². The number of nitrogens with one attached hydrogen (secondary N) is 1. The number of nitrogens with zero attached hydrogens (tertiary/aromatic N) is 1. The summed E-state index contributed by atoms with van der Waals surface area (Å²) in [5.41, 5.74) is 3.42. The Morgan fingerprint density at radius 3 is 3.42 bits per heavy atom. The molecule has 66 valence electrons. The average molecular weight is 166 g/mol. The fraction of sp³-hybridized carbons (Fsp3) is 0.778. The monoisotopic (exact) mass is 166 g/mol. The molecule has 3 aliphatic rings. The summed E-state index contributed by atoms with van der Waals surface area (Å²) in [7, 11) is 0. The van der Waals surface area contributed by atoms with Crippen LogP contribution in [-0.2, 0) is 4.74 Å². The summed E-state index contributed by atoms with van der Waals surface area (Å²) in [6.07, 6.45) is 7.04. The Labute approximate surface area is 72.3 Å². The summed E-state index contributed by atoms with van der Waals surface area (Å²) in [4.78, 5) is 0. The standard InChI is InChI=1S/C9H14N2O/c1-4-10-11-5-2-9-7(8(1)11)3-6-12-9/h3,6-10H,1-2,4-5H2. The van der Waals surface area contributed by atoms with Crippen molar-refractivity contribution in [3.05, 3.63) is 12.3 Å². The summed E-state index contributed by atoms with van der Waals surface area (Å²) >= 11 is 0. The second kappa shape index (κ2) is 2.47. The van der Waals surface area contributed by atoms with E-state index in [2.05, 4.69) is 16.5 Å². The topological polar surface area (TPSA) is 24.5 Å². The number of piperidine rings is 1. The number of hydrogen-bond acceptors (Lipinski definition) is 3. The second-order valence-electron chi connectivity index (χ2n) is 3.83. The van der Waals surface area contributed by atoms with Crippen LogP contribution in [0, 0.1) is 5.92 Å². The van der Waals surface area contributed by atoms with Crippen molar-refractivity contribution in [3.63, 3.8) is 0 Å². The number of hydrogen-bond donors (Lipinski definition) is 1. The van der Waals surface area contributed by atoms with Crippen LogP contribution in [0.5, 0.6) is 0 Å². The summed E-state index contributed by atoms with van der Waals surface area (Å²) in [6, 6.07) is 0.697. The van der Waals surface area contributed by atoms with Gasteiger partial charge in [0.2, 0.25) is 0 Å². The predicted molar refractivity (Wildman–Crippen MR) is 45.2 cm³/mol. The first kappa shape index (κ1) is 6.92. The first-order chi connectivity index (χ1) is 5.95. The molecule has 0 aliphatic carbocycles. The Morgan fingerprint density at radius 1 is 1.42 bits per heavy atom. The molecule has 3 nitrogen and oxygen atoms in total. The molecule has 0 aromatic heterocycles. The summed E-state index contributed by atoms with van der Waals surface area (Å²) in [5.74, 6) is 0.647. The van der Waals surface area contributed by atoms with Crippen LogP contribution >= 0.6 is 0 Å². The van der Waals surface area contributed by atoms with Crippen LogP contribution < -0.4 is 5.43 Å². The van der Waals surface area contributed by atoms with Crippen molar-refractivity contribution < 1.29 is 4.74 Å². The molecule has 3 atom stereocenters. The Balaban J connectivity index is 1.85. The lowest BCUT2D eigenvalue weighted by Gasteiger charge is -2.36. The molecule has 3 heterocycles. The zero-order valence-electron chi connectivity index (χ0n) is 7.07. The molecule has 0 bridgehead atoms. The molecule has 0 aromatic rings. The van der Waals surface area contributed by atoms with E-state index in [1.165, 1.54) is 12.8 Å². The third kappa shape index (κ3) is 0.836. The van der Waals surface area contributed by atoms with Gasteiger partial charge in [0.15, 0.2) is 0 Å². The van der Waals surface area contributed by atoms with Crippen molar-refractivity contribution in [2.75, 3.05) is 13.1 Å². The van der Waals surface area contributed by atoms with E-state index in [9.17, 15) is 0 Å². The molecule has 2 fully saturated rings. The van der Waals surface area contributed by atoms with Crippen LogP contribution in [0.25, 0.3) is 0 Å². The molecule has 0 amide bonds. The van der Waals surface area contributed by atoms with Crippen molar-refractivity contribution in [2.24, 2.45) is 5.92 Å². The Kier molecular flexibility index (Phi) is 1.43. The molecule has 0 aromatic carbocycles. The molecule has 0 spiro atoms. The fourth-order valence-corrected chi connectivity index (χ4v) is 2.63. The molecule has 3 heteroatoms. The largest absolute Gasteiger partial charge is 0.498 e. The van der Waals surface area contributed by atoms with Crippen molar-refractivity contribution in [3.8, 4) is 0 Å².